The summed E-state index contributed by atoms with van der Waals surface area (Å²) in [6.45, 7) is 4.44. The zero-order valence-electron chi connectivity index (χ0n) is 13.0. The van der Waals surface area contributed by atoms with Crippen LogP contribution in [0.25, 0.3) is 0 Å². The van der Waals surface area contributed by atoms with E-state index in [1.54, 1.807) is 7.11 Å². The first kappa shape index (κ1) is 15.0. The second kappa shape index (κ2) is 6.89. The van der Waals surface area contributed by atoms with Gasteiger partial charge in [0, 0.05) is 25.7 Å². The van der Waals surface area contributed by atoms with Crippen LogP contribution in [0.2, 0.25) is 0 Å². The molecular weight excluding hydrogens is 282 g/mol. The molecule has 118 valence electrons. The van der Waals surface area contributed by atoms with Gasteiger partial charge in [-0.05, 0) is 25.5 Å². The van der Waals surface area contributed by atoms with Crippen molar-refractivity contribution in [3.63, 3.8) is 0 Å². The fourth-order valence-electron chi connectivity index (χ4n) is 2.54. The molecule has 1 N–H and O–H groups in total. The summed E-state index contributed by atoms with van der Waals surface area (Å²) < 4.78 is 16.2. The maximum atomic E-state index is 5.56. The van der Waals surface area contributed by atoms with Crippen LogP contribution in [0.3, 0.4) is 0 Å². The van der Waals surface area contributed by atoms with E-state index in [4.69, 9.17) is 13.9 Å². The molecular formula is C16H21N3O3. The first-order chi connectivity index (χ1) is 10.7. The summed E-state index contributed by atoms with van der Waals surface area (Å²) in [7, 11) is 1.65. The topological polar surface area (TPSA) is 69.4 Å². The van der Waals surface area contributed by atoms with Crippen LogP contribution in [-0.2, 0) is 22.6 Å². The summed E-state index contributed by atoms with van der Waals surface area (Å²) >= 11 is 0. The number of aromatic nitrogens is 2. The molecule has 6 heteroatoms. The molecule has 22 heavy (non-hydrogen) atoms. The molecule has 1 aliphatic heterocycles. The van der Waals surface area contributed by atoms with Crippen molar-refractivity contribution in [3.8, 4) is 0 Å². The van der Waals surface area contributed by atoms with Gasteiger partial charge in [0.2, 0.25) is 0 Å². The molecule has 0 bridgehead atoms. The van der Waals surface area contributed by atoms with E-state index in [0.717, 1.165) is 42.7 Å². The van der Waals surface area contributed by atoms with Crippen molar-refractivity contribution in [2.45, 2.75) is 32.4 Å². The van der Waals surface area contributed by atoms with Gasteiger partial charge < -0.3 is 19.2 Å². The molecule has 1 saturated heterocycles. The molecule has 2 aromatic rings. The summed E-state index contributed by atoms with van der Waals surface area (Å²) in [4.78, 5) is 9.07. The highest BCUT2D eigenvalue weighted by Gasteiger charge is 2.20. The van der Waals surface area contributed by atoms with Gasteiger partial charge in [0.15, 0.2) is 5.82 Å². The Morgan fingerprint density at radius 1 is 1.36 bits per heavy atom. The molecule has 0 saturated carbocycles. The average molecular weight is 303 g/mol. The Hall–Kier alpha value is -1.92. The van der Waals surface area contributed by atoms with Crippen LogP contribution in [0.15, 0.2) is 22.6 Å². The van der Waals surface area contributed by atoms with Crippen LogP contribution < -0.4 is 5.32 Å². The third-order valence-corrected chi connectivity index (χ3v) is 3.65. The van der Waals surface area contributed by atoms with Crippen molar-refractivity contribution >= 4 is 5.82 Å². The number of nitrogens with zero attached hydrogens (tertiary/aromatic N) is 2. The van der Waals surface area contributed by atoms with Gasteiger partial charge in [-0.1, -0.05) is 0 Å². The summed E-state index contributed by atoms with van der Waals surface area (Å²) in [5.74, 6) is 3.60. The monoisotopic (exact) mass is 303 g/mol. The second-order valence-electron chi connectivity index (χ2n) is 5.45. The highest BCUT2D eigenvalue weighted by Crippen LogP contribution is 2.25. The van der Waals surface area contributed by atoms with Gasteiger partial charge in [0.1, 0.15) is 23.9 Å². The highest BCUT2D eigenvalue weighted by atomic mass is 16.5. The number of methoxy groups -OCH3 is 1. The van der Waals surface area contributed by atoms with Crippen molar-refractivity contribution in [3.05, 3.63) is 41.2 Å². The third-order valence-electron chi connectivity index (χ3n) is 3.65. The van der Waals surface area contributed by atoms with Crippen LogP contribution in [-0.4, -0.2) is 30.3 Å². The number of anilines is 1. The number of hydrogen-bond acceptors (Lipinski definition) is 6. The Kier molecular flexibility index (Phi) is 4.70. The Morgan fingerprint density at radius 3 is 2.95 bits per heavy atom. The van der Waals surface area contributed by atoms with E-state index in [0.29, 0.717) is 24.9 Å². The smallest absolute Gasteiger partial charge is 0.156 e. The molecule has 0 radical (unpaired) electrons. The average Bonchev–Trinajstić information content (AvgIpc) is 3.17. The Bertz CT molecular complexity index is 621. The molecule has 0 amide bonds. The van der Waals surface area contributed by atoms with E-state index in [1.807, 2.05) is 25.1 Å². The van der Waals surface area contributed by atoms with E-state index in [2.05, 4.69) is 15.3 Å². The number of aryl methyl sites for hydroxylation is 1. The number of hydrogen-bond donors (Lipinski definition) is 1. The Balaban J connectivity index is 1.76. The zero-order chi connectivity index (χ0) is 15.4. The molecule has 1 atom stereocenters. The van der Waals surface area contributed by atoms with E-state index < -0.39 is 0 Å². The minimum atomic E-state index is 0.338. The lowest BCUT2D eigenvalue weighted by Gasteiger charge is -2.12. The fourth-order valence-corrected chi connectivity index (χ4v) is 2.54. The van der Waals surface area contributed by atoms with Crippen LogP contribution in [0.5, 0.6) is 0 Å². The minimum absolute atomic E-state index is 0.338. The minimum Gasteiger partial charge on any atom is -0.465 e. The van der Waals surface area contributed by atoms with E-state index in [1.165, 1.54) is 0 Å². The lowest BCUT2D eigenvalue weighted by atomic mass is 10.0. The normalized spacial score (nSPS) is 17.8. The molecule has 1 aliphatic rings. The van der Waals surface area contributed by atoms with Gasteiger partial charge in [-0.25, -0.2) is 9.97 Å². The summed E-state index contributed by atoms with van der Waals surface area (Å²) in [6.07, 6.45) is 1.00. The van der Waals surface area contributed by atoms with Gasteiger partial charge in [-0.2, -0.15) is 0 Å². The SMILES string of the molecule is COCc1nc(NCc2ccc(C)o2)cc([C@H]2CCOC2)n1. The Morgan fingerprint density at radius 2 is 2.27 bits per heavy atom. The van der Waals surface area contributed by atoms with Gasteiger partial charge in [-0.3, -0.25) is 0 Å². The van der Waals surface area contributed by atoms with Crippen molar-refractivity contribution in [2.24, 2.45) is 0 Å². The van der Waals surface area contributed by atoms with Gasteiger partial charge in [0.25, 0.3) is 0 Å². The quantitative estimate of drug-likeness (QED) is 0.884. The molecule has 1 fully saturated rings. The largest absolute Gasteiger partial charge is 0.465 e. The lowest BCUT2D eigenvalue weighted by Crippen LogP contribution is -2.10. The molecule has 6 nitrogen and oxygen atoms in total. The van der Waals surface area contributed by atoms with Crippen molar-refractivity contribution in [1.82, 2.24) is 9.97 Å². The highest BCUT2D eigenvalue weighted by molar-refractivity contribution is 5.37. The standard InChI is InChI=1S/C16H21N3O3/c1-11-3-4-13(22-11)8-17-15-7-14(12-5-6-21-9-12)18-16(19-15)10-20-2/h3-4,7,12H,5-6,8-10H2,1-2H3,(H,17,18,19)/t12-/m0/s1. The van der Waals surface area contributed by atoms with Crippen molar-refractivity contribution in [1.29, 1.82) is 0 Å². The molecule has 0 aliphatic carbocycles. The number of nitrogens with one attached hydrogen (secondary N) is 1. The number of ether oxygens (including phenoxy) is 2. The van der Waals surface area contributed by atoms with Crippen molar-refractivity contribution in [2.75, 3.05) is 25.6 Å². The van der Waals surface area contributed by atoms with E-state index in [-0.39, 0.29) is 0 Å². The van der Waals surface area contributed by atoms with Crippen LogP contribution in [0.1, 0.15) is 35.4 Å². The first-order valence-corrected chi connectivity index (χ1v) is 7.48. The van der Waals surface area contributed by atoms with Gasteiger partial charge in [0.05, 0.1) is 18.8 Å². The molecule has 2 aromatic heterocycles. The van der Waals surface area contributed by atoms with E-state index >= 15 is 0 Å². The predicted molar refractivity (Wildman–Crippen MR) is 81.7 cm³/mol. The van der Waals surface area contributed by atoms with Crippen molar-refractivity contribution < 1.29 is 13.9 Å². The summed E-state index contributed by atoms with van der Waals surface area (Å²) in [5.41, 5.74) is 1.01. The Labute approximate surface area is 129 Å². The summed E-state index contributed by atoms with van der Waals surface area (Å²) in [6, 6.07) is 5.91. The zero-order valence-corrected chi connectivity index (χ0v) is 13.0. The maximum absolute atomic E-state index is 5.56. The van der Waals surface area contributed by atoms with Crippen LogP contribution in [0, 0.1) is 6.92 Å². The maximum Gasteiger partial charge on any atom is 0.156 e. The van der Waals surface area contributed by atoms with E-state index in [9.17, 15) is 0 Å². The molecule has 3 rings (SSSR count). The first-order valence-electron chi connectivity index (χ1n) is 7.48. The van der Waals surface area contributed by atoms with Gasteiger partial charge in [-0.15, -0.1) is 0 Å². The predicted octanol–water partition coefficient (Wildman–Crippen LogP) is 2.64. The molecule has 0 unspecified atom stereocenters. The number of furan rings is 1. The fraction of sp³-hybridized carbons (Fsp3) is 0.500. The van der Waals surface area contributed by atoms with Crippen LogP contribution >= 0.6 is 0 Å². The lowest BCUT2D eigenvalue weighted by molar-refractivity contribution is 0.177. The van der Waals surface area contributed by atoms with Crippen LogP contribution in [0.4, 0.5) is 5.82 Å². The third kappa shape index (κ3) is 3.64. The second-order valence-corrected chi connectivity index (χ2v) is 5.45. The molecule has 0 spiro atoms. The molecule has 0 aromatic carbocycles. The summed E-state index contributed by atoms with van der Waals surface area (Å²) in [5, 5.41) is 3.30. The number of rotatable bonds is 6. The van der Waals surface area contributed by atoms with Gasteiger partial charge >= 0.3 is 0 Å². The molecule has 3 heterocycles.